The van der Waals surface area contributed by atoms with Crippen LogP contribution in [0.25, 0.3) is 11.4 Å². The summed E-state index contributed by atoms with van der Waals surface area (Å²) in [5.41, 5.74) is 0.877. The molecule has 2 heterocycles. The molecule has 1 aliphatic rings. The van der Waals surface area contributed by atoms with Crippen molar-refractivity contribution >= 4 is 5.91 Å². The van der Waals surface area contributed by atoms with E-state index in [1.807, 2.05) is 29.2 Å². The van der Waals surface area contributed by atoms with Crippen LogP contribution < -0.4 is 4.74 Å². The monoisotopic (exact) mass is 413 g/mol. The number of ether oxygens (including phenoxy) is 1. The van der Waals surface area contributed by atoms with Crippen molar-refractivity contribution in [1.29, 1.82) is 0 Å². The van der Waals surface area contributed by atoms with Gasteiger partial charge in [0.2, 0.25) is 17.6 Å². The van der Waals surface area contributed by atoms with Gasteiger partial charge in [0, 0.05) is 18.5 Å². The van der Waals surface area contributed by atoms with Crippen molar-refractivity contribution in [3.63, 3.8) is 0 Å². The van der Waals surface area contributed by atoms with E-state index in [1.165, 1.54) is 32.1 Å². The number of carbonyl (C=O) groups excluding carboxylic acids is 1. The van der Waals surface area contributed by atoms with Crippen molar-refractivity contribution in [2.75, 3.05) is 13.7 Å². The lowest BCUT2D eigenvalue weighted by Gasteiger charge is -2.33. The van der Waals surface area contributed by atoms with E-state index in [1.54, 1.807) is 7.11 Å². The third kappa shape index (κ3) is 6.07. The number of aromatic nitrogens is 2. The first-order valence-electron chi connectivity index (χ1n) is 11.5. The van der Waals surface area contributed by atoms with Gasteiger partial charge >= 0.3 is 0 Å². The van der Waals surface area contributed by atoms with Crippen LogP contribution in [0.5, 0.6) is 5.75 Å². The number of methoxy groups -OCH3 is 1. The Morgan fingerprint density at radius 3 is 2.57 bits per heavy atom. The van der Waals surface area contributed by atoms with E-state index in [0.717, 1.165) is 50.0 Å². The van der Waals surface area contributed by atoms with Gasteiger partial charge in [-0.2, -0.15) is 4.98 Å². The second-order valence-electron chi connectivity index (χ2n) is 8.15. The average Bonchev–Trinajstić information content (AvgIpc) is 3.28. The second kappa shape index (κ2) is 11.7. The summed E-state index contributed by atoms with van der Waals surface area (Å²) in [5, 5.41) is 4.16. The molecule has 164 valence electrons. The summed E-state index contributed by atoms with van der Waals surface area (Å²) in [6.45, 7) is 3.01. The van der Waals surface area contributed by atoms with Gasteiger partial charge in [-0.15, -0.1) is 0 Å². The Hall–Kier alpha value is -2.37. The molecule has 2 aromatic rings. The van der Waals surface area contributed by atoms with Crippen LogP contribution in [-0.4, -0.2) is 34.6 Å². The Balaban J connectivity index is 1.56. The van der Waals surface area contributed by atoms with E-state index in [9.17, 15) is 4.79 Å². The first kappa shape index (κ1) is 22.3. The van der Waals surface area contributed by atoms with Gasteiger partial charge < -0.3 is 14.2 Å². The Labute approximate surface area is 180 Å². The molecular weight excluding hydrogens is 378 g/mol. The van der Waals surface area contributed by atoms with E-state index < -0.39 is 0 Å². The Bertz CT molecular complexity index is 772. The third-order valence-corrected chi connectivity index (χ3v) is 5.89. The van der Waals surface area contributed by atoms with Crippen LogP contribution in [0.3, 0.4) is 0 Å². The Kier molecular flexibility index (Phi) is 8.72. The van der Waals surface area contributed by atoms with Crippen molar-refractivity contribution < 1.29 is 14.1 Å². The van der Waals surface area contributed by atoms with Gasteiger partial charge in [-0.1, -0.05) is 50.6 Å². The molecule has 6 nitrogen and oxygen atoms in total. The number of rotatable bonds is 11. The van der Waals surface area contributed by atoms with Gasteiger partial charge in [0.25, 0.3) is 0 Å². The molecule has 1 fully saturated rings. The SMILES string of the molecule is CCCCCCCCCC(=O)N1CCCCC1c1nc(-c2ccc(OC)cc2)no1. The number of benzene rings is 1. The normalized spacial score (nSPS) is 16.6. The van der Waals surface area contributed by atoms with Crippen molar-refractivity contribution in [3.8, 4) is 17.1 Å². The van der Waals surface area contributed by atoms with Gasteiger partial charge in [-0.05, 0) is 49.9 Å². The fourth-order valence-corrected chi connectivity index (χ4v) is 4.09. The van der Waals surface area contributed by atoms with E-state index in [0.29, 0.717) is 18.1 Å². The molecule has 1 amide bonds. The highest BCUT2D eigenvalue weighted by Crippen LogP contribution is 2.32. The maximum absolute atomic E-state index is 12.9. The molecule has 0 bridgehead atoms. The molecule has 0 aliphatic carbocycles. The molecule has 30 heavy (non-hydrogen) atoms. The molecular formula is C24H35N3O3. The van der Waals surface area contributed by atoms with Crippen LogP contribution in [0, 0.1) is 0 Å². The summed E-state index contributed by atoms with van der Waals surface area (Å²) < 4.78 is 10.8. The fraction of sp³-hybridized carbons (Fsp3) is 0.625. The van der Waals surface area contributed by atoms with Gasteiger partial charge in [0.05, 0.1) is 7.11 Å². The average molecular weight is 414 g/mol. The summed E-state index contributed by atoms with van der Waals surface area (Å²) in [5.74, 6) is 2.11. The van der Waals surface area contributed by atoms with Crippen LogP contribution in [-0.2, 0) is 4.79 Å². The molecule has 3 rings (SSSR count). The summed E-state index contributed by atoms with van der Waals surface area (Å²) >= 11 is 0. The number of unbranched alkanes of at least 4 members (excludes halogenated alkanes) is 6. The molecule has 1 unspecified atom stereocenters. The fourth-order valence-electron chi connectivity index (χ4n) is 4.09. The predicted octanol–water partition coefficient (Wildman–Crippen LogP) is 5.94. The Morgan fingerprint density at radius 1 is 1.10 bits per heavy atom. The number of piperidine rings is 1. The van der Waals surface area contributed by atoms with Crippen LogP contribution in [0.2, 0.25) is 0 Å². The summed E-state index contributed by atoms with van der Waals surface area (Å²) in [7, 11) is 1.64. The number of hydrogen-bond donors (Lipinski definition) is 0. The highest BCUT2D eigenvalue weighted by Gasteiger charge is 2.31. The summed E-state index contributed by atoms with van der Waals surface area (Å²) in [6.07, 6.45) is 12.1. The van der Waals surface area contributed by atoms with Gasteiger partial charge in [-0.3, -0.25) is 4.79 Å². The zero-order valence-corrected chi connectivity index (χ0v) is 18.4. The Morgan fingerprint density at radius 2 is 1.83 bits per heavy atom. The smallest absolute Gasteiger partial charge is 0.249 e. The highest BCUT2D eigenvalue weighted by molar-refractivity contribution is 5.76. The van der Waals surface area contributed by atoms with Crippen LogP contribution in [0.1, 0.15) is 89.5 Å². The first-order chi connectivity index (χ1) is 14.7. The van der Waals surface area contributed by atoms with Gasteiger partial charge in [-0.25, -0.2) is 0 Å². The molecule has 1 aromatic carbocycles. The predicted molar refractivity (Wildman–Crippen MR) is 117 cm³/mol. The zero-order chi connectivity index (χ0) is 21.2. The van der Waals surface area contributed by atoms with Crippen LogP contribution in [0.4, 0.5) is 0 Å². The lowest BCUT2D eigenvalue weighted by atomic mass is 10.0. The quantitative estimate of drug-likeness (QED) is 0.426. The maximum atomic E-state index is 12.9. The molecule has 0 spiro atoms. The van der Waals surface area contributed by atoms with E-state index >= 15 is 0 Å². The second-order valence-corrected chi connectivity index (χ2v) is 8.15. The number of nitrogens with zero attached hydrogens (tertiary/aromatic N) is 3. The van der Waals surface area contributed by atoms with Crippen LogP contribution in [0.15, 0.2) is 28.8 Å². The summed E-state index contributed by atoms with van der Waals surface area (Å²) in [4.78, 5) is 19.5. The lowest BCUT2D eigenvalue weighted by molar-refractivity contribution is -0.135. The van der Waals surface area contributed by atoms with Crippen molar-refractivity contribution in [2.24, 2.45) is 0 Å². The zero-order valence-electron chi connectivity index (χ0n) is 18.4. The topological polar surface area (TPSA) is 68.5 Å². The van der Waals surface area contributed by atoms with E-state index in [-0.39, 0.29) is 11.9 Å². The largest absolute Gasteiger partial charge is 0.497 e. The van der Waals surface area contributed by atoms with Crippen molar-refractivity contribution in [2.45, 2.75) is 83.6 Å². The van der Waals surface area contributed by atoms with Gasteiger partial charge in [0.1, 0.15) is 11.8 Å². The molecule has 0 N–H and O–H groups in total. The molecule has 1 aliphatic heterocycles. The maximum Gasteiger partial charge on any atom is 0.249 e. The number of carbonyl (C=O) groups is 1. The molecule has 1 atom stereocenters. The number of hydrogen-bond acceptors (Lipinski definition) is 5. The number of amides is 1. The third-order valence-electron chi connectivity index (χ3n) is 5.89. The first-order valence-corrected chi connectivity index (χ1v) is 11.5. The summed E-state index contributed by atoms with van der Waals surface area (Å²) in [6, 6.07) is 7.49. The molecule has 0 radical (unpaired) electrons. The molecule has 0 saturated carbocycles. The molecule has 1 aromatic heterocycles. The lowest BCUT2D eigenvalue weighted by Crippen LogP contribution is -2.38. The minimum atomic E-state index is -0.102. The molecule has 1 saturated heterocycles. The van der Waals surface area contributed by atoms with Crippen molar-refractivity contribution in [3.05, 3.63) is 30.2 Å². The van der Waals surface area contributed by atoms with E-state index in [2.05, 4.69) is 17.1 Å². The minimum absolute atomic E-state index is 0.102. The van der Waals surface area contributed by atoms with Crippen LogP contribution >= 0.6 is 0 Å². The van der Waals surface area contributed by atoms with Crippen molar-refractivity contribution in [1.82, 2.24) is 15.0 Å². The minimum Gasteiger partial charge on any atom is -0.497 e. The van der Waals surface area contributed by atoms with E-state index in [4.69, 9.17) is 9.26 Å². The number of likely N-dealkylation sites (tertiary alicyclic amines) is 1. The highest BCUT2D eigenvalue weighted by atomic mass is 16.5. The standard InChI is InChI=1S/C24H35N3O3/c1-3-4-5-6-7-8-9-13-22(28)27-18-11-10-12-21(27)24-25-23(26-30-24)19-14-16-20(29-2)17-15-19/h14-17,21H,3-13,18H2,1-2H3. The van der Waals surface area contributed by atoms with Gasteiger partial charge in [0.15, 0.2) is 0 Å². The molecule has 6 heteroatoms.